The van der Waals surface area contributed by atoms with Gasteiger partial charge in [-0.3, -0.25) is 0 Å². The van der Waals surface area contributed by atoms with E-state index in [4.69, 9.17) is 0 Å². The van der Waals surface area contributed by atoms with E-state index in [1.54, 1.807) is 6.26 Å². The van der Waals surface area contributed by atoms with Crippen molar-refractivity contribution in [1.29, 1.82) is 5.26 Å². The van der Waals surface area contributed by atoms with Gasteiger partial charge in [-0.05, 0) is 18.4 Å². The molecule has 1 aliphatic rings. The fourth-order valence-corrected chi connectivity index (χ4v) is 2.62. The number of hydrogen-bond donors (Lipinski definition) is 1. The number of hydrogen-bond acceptors (Lipinski definition) is 6. The van der Waals surface area contributed by atoms with Crippen molar-refractivity contribution in [3.05, 3.63) is 47.8 Å². The molecule has 3 rings (SSSR count). The number of para-hydroxylation sites is 2. The average Bonchev–Trinajstić information content (AvgIpc) is 2.87. The van der Waals surface area contributed by atoms with Crippen LogP contribution in [0.15, 0.2) is 41.4 Å². The van der Waals surface area contributed by atoms with Gasteiger partial charge in [0, 0.05) is 7.05 Å². The molecule has 1 aliphatic heterocycles. The van der Waals surface area contributed by atoms with Gasteiger partial charge in [-0.2, -0.15) is 5.26 Å². The zero-order chi connectivity index (χ0) is 15.7. The van der Waals surface area contributed by atoms with Gasteiger partial charge in [0.05, 0.1) is 17.6 Å². The Labute approximate surface area is 131 Å². The first-order valence-electron chi connectivity index (χ1n) is 6.46. The van der Waals surface area contributed by atoms with Gasteiger partial charge in [-0.25, -0.2) is 14.4 Å². The molecule has 0 fully saturated rings. The lowest BCUT2D eigenvalue weighted by Gasteiger charge is -2.15. The van der Waals surface area contributed by atoms with E-state index in [1.165, 1.54) is 11.8 Å². The normalized spacial score (nSPS) is 15.1. The van der Waals surface area contributed by atoms with Crippen LogP contribution in [0, 0.1) is 17.1 Å². The monoisotopic (exact) mass is 313 g/mol. The summed E-state index contributed by atoms with van der Waals surface area (Å²) in [6.07, 6.45) is 2.89. The van der Waals surface area contributed by atoms with Gasteiger partial charge in [0.2, 0.25) is 0 Å². The maximum absolute atomic E-state index is 14.1. The standard InChI is InChI=1S/C15H12FN5S/c1-21-12-6-4-3-5-11(12)19-14(21)9(7-17)13-10(16)8-18-15(20-13)22-2/h3-6,8,19H,1-2H3. The molecule has 0 bridgehead atoms. The number of thioether (sulfide) groups is 1. The molecule has 1 N–H and O–H groups in total. The maximum Gasteiger partial charge on any atom is 0.188 e. The molecule has 0 saturated heterocycles. The Morgan fingerprint density at radius 2 is 2.18 bits per heavy atom. The van der Waals surface area contributed by atoms with Crippen LogP contribution in [0.25, 0.3) is 5.57 Å². The van der Waals surface area contributed by atoms with Crippen LogP contribution in [-0.2, 0) is 0 Å². The summed E-state index contributed by atoms with van der Waals surface area (Å²) in [6, 6.07) is 9.68. The molecule has 0 unspecified atom stereocenters. The molecule has 0 saturated carbocycles. The van der Waals surface area contributed by atoms with Crippen LogP contribution >= 0.6 is 11.8 Å². The van der Waals surface area contributed by atoms with Crippen molar-refractivity contribution < 1.29 is 4.39 Å². The molecule has 0 spiro atoms. The molecule has 0 atom stereocenters. The van der Waals surface area contributed by atoms with Gasteiger partial charge in [0.25, 0.3) is 0 Å². The van der Waals surface area contributed by atoms with Crippen molar-refractivity contribution in [1.82, 2.24) is 9.97 Å². The maximum atomic E-state index is 14.1. The number of nitriles is 1. The van der Waals surface area contributed by atoms with Crippen molar-refractivity contribution in [2.24, 2.45) is 0 Å². The largest absolute Gasteiger partial charge is 0.339 e. The average molecular weight is 313 g/mol. The van der Waals surface area contributed by atoms with Crippen LogP contribution in [0.2, 0.25) is 0 Å². The van der Waals surface area contributed by atoms with E-state index in [1.807, 2.05) is 36.2 Å². The van der Waals surface area contributed by atoms with Gasteiger partial charge in [-0.15, -0.1) is 0 Å². The van der Waals surface area contributed by atoms with Gasteiger partial charge >= 0.3 is 0 Å². The summed E-state index contributed by atoms with van der Waals surface area (Å²) in [5.74, 6) is -0.110. The molecular weight excluding hydrogens is 301 g/mol. The molecule has 22 heavy (non-hydrogen) atoms. The minimum absolute atomic E-state index is 0.00371. The number of rotatable bonds is 2. The lowest BCUT2D eigenvalue weighted by atomic mass is 10.2. The number of fused-ring (bicyclic) bond motifs is 1. The van der Waals surface area contributed by atoms with E-state index < -0.39 is 5.82 Å². The number of allylic oxidation sites excluding steroid dienone is 1. The highest BCUT2D eigenvalue weighted by molar-refractivity contribution is 7.98. The molecule has 2 heterocycles. The van der Waals surface area contributed by atoms with E-state index in [9.17, 15) is 9.65 Å². The summed E-state index contributed by atoms with van der Waals surface area (Å²) < 4.78 is 14.1. The Morgan fingerprint density at radius 3 is 2.86 bits per heavy atom. The second-order valence-electron chi connectivity index (χ2n) is 4.59. The van der Waals surface area contributed by atoms with Crippen LogP contribution in [0.3, 0.4) is 0 Å². The van der Waals surface area contributed by atoms with E-state index in [0.717, 1.165) is 17.6 Å². The quantitative estimate of drug-likeness (QED) is 0.522. The lowest BCUT2D eigenvalue weighted by molar-refractivity contribution is 0.600. The van der Waals surface area contributed by atoms with Crippen molar-refractivity contribution >= 4 is 28.7 Å². The predicted octanol–water partition coefficient (Wildman–Crippen LogP) is 3.09. The topological polar surface area (TPSA) is 64.8 Å². The van der Waals surface area contributed by atoms with E-state index in [0.29, 0.717) is 11.0 Å². The van der Waals surface area contributed by atoms with Gasteiger partial charge in [-0.1, -0.05) is 23.9 Å². The predicted molar refractivity (Wildman–Crippen MR) is 84.8 cm³/mol. The second-order valence-corrected chi connectivity index (χ2v) is 5.36. The summed E-state index contributed by atoms with van der Waals surface area (Å²) in [4.78, 5) is 9.82. The number of anilines is 2. The molecule has 0 radical (unpaired) electrons. The van der Waals surface area contributed by atoms with Gasteiger partial charge < -0.3 is 10.2 Å². The number of benzene rings is 1. The second kappa shape index (κ2) is 5.66. The first-order valence-corrected chi connectivity index (χ1v) is 7.69. The van der Waals surface area contributed by atoms with Crippen LogP contribution in [0.1, 0.15) is 5.69 Å². The zero-order valence-corrected chi connectivity index (χ0v) is 12.8. The van der Waals surface area contributed by atoms with Crippen LogP contribution in [0.4, 0.5) is 15.8 Å². The molecular formula is C15H12FN5S. The Balaban J connectivity index is 2.16. The first kappa shape index (κ1) is 14.4. The van der Waals surface area contributed by atoms with Crippen molar-refractivity contribution in [3.63, 3.8) is 0 Å². The van der Waals surface area contributed by atoms with Crippen molar-refractivity contribution in [2.75, 3.05) is 23.5 Å². The van der Waals surface area contributed by atoms with Crippen LogP contribution < -0.4 is 10.2 Å². The summed E-state index contributed by atoms with van der Waals surface area (Å²) in [5.41, 5.74) is 1.94. The van der Waals surface area contributed by atoms with Crippen LogP contribution in [-0.4, -0.2) is 23.3 Å². The first-order chi connectivity index (χ1) is 10.7. The summed E-state index contributed by atoms with van der Waals surface area (Å²) in [6.45, 7) is 0. The number of halogens is 1. The molecule has 5 nitrogen and oxygen atoms in total. The zero-order valence-electron chi connectivity index (χ0n) is 12.0. The Hall–Kier alpha value is -2.59. The van der Waals surface area contributed by atoms with E-state index in [2.05, 4.69) is 21.4 Å². The summed E-state index contributed by atoms with van der Waals surface area (Å²) >= 11 is 1.30. The molecule has 1 aromatic carbocycles. The number of nitrogens with zero attached hydrogens (tertiary/aromatic N) is 4. The lowest BCUT2D eigenvalue weighted by Crippen LogP contribution is -2.17. The molecule has 0 aliphatic carbocycles. The summed E-state index contributed by atoms with van der Waals surface area (Å²) in [7, 11) is 1.82. The minimum Gasteiger partial charge on any atom is -0.339 e. The third-order valence-electron chi connectivity index (χ3n) is 3.34. The van der Waals surface area contributed by atoms with Crippen molar-refractivity contribution in [2.45, 2.75) is 5.16 Å². The smallest absolute Gasteiger partial charge is 0.188 e. The van der Waals surface area contributed by atoms with Crippen LogP contribution in [0.5, 0.6) is 0 Å². The third-order valence-corrected chi connectivity index (χ3v) is 3.91. The highest BCUT2D eigenvalue weighted by Crippen LogP contribution is 2.37. The fourth-order valence-electron chi connectivity index (χ4n) is 2.28. The molecule has 2 aromatic rings. The molecule has 1 aromatic heterocycles. The number of nitrogens with one attached hydrogen (secondary N) is 1. The fraction of sp³-hybridized carbons (Fsp3) is 0.133. The van der Waals surface area contributed by atoms with Crippen molar-refractivity contribution in [3.8, 4) is 6.07 Å². The van der Waals surface area contributed by atoms with Gasteiger partial charge in [0.15, 0.2) is 11.0 Å². The van der Waals surface area contributed by atoms with E-state index in [-0.39, 0.29) is 11.3 Å². The highest BCUT2D eigenvalue weighted by Gasteiger charge is 2.26. The molecule has 0 amide bonds. The summed E-state index contributed by atoms with van der Waals surface area (Å²) in [5, 5.41) is 13.1. The Morgan fingerprint density at radius 1 is 1.41 bits per heavy atom. The van der Waals surface area contributed by atoms with Gasteiger partial charge in [0.1, 0.15) is 23.2 Å². The molecule has 7 heteroatoms. The van der Waals surface area contributed by atoms with E-state index >= 15 is 0 Å². The Kier molecular flexibility index (Phi) is 3.69. The SMILES string of the molecule is CSc1ncc(F)c(C(C#N)=C2Nc3ccccc3N2C)n1. The highest BCUT2D eigenvalue weighted by atomic mass is 32.2. The Bertz CT molecular complexity index is 812. The number of aromatic nitrogens is 2. The third kappa shape index (κ3) is 2.27. The minimum atomic E-state index is -0.618. The molecule has 110 valence electrons.